The summed E-state index contributed by atoms with van der Waals surface area (Å²) in [6, 6.07) is 9.01. The molecule has 0 aromatic heterocycles. The highest BCUT2D eigenvalue weighted by molar-refractivity contribution is 6.03. The predicted molar refractivity (Wildman–Crippen MR) is 64.6 cm³/mol. The highest BCUT2D eigenvalue weighted by Gasteiger charge is 2.08. The minimum absolute atomic E-state index is 0.182. The monoisotopic (exact) mass is 236 g/mol. The summed E-state index contributed by atoms with van der Waals surface area (Å²) >= 11 is 0. The van der Waals surface area contributed by atoms with E-state index in [1.165, 1.54) is 0 Å². The van der Waals surface area contributed by atoms with Crippen molar-refractivity contribution >= 4 is 17.5 Å². The number of amides is 2. The Bertz CT molecular complexity index is 365. The van der Waals surface area contributed by atoms with Crippen LogP contribution in [0.25, 0.3) is 0 Å². The third kappa shape index (κ3) is 5.67. The molecule has 0 saturated carbocycles. The van der Waals surface area contributed by atoms with E-state index in [9.17, 15) is 9.59 Å². The van der Waals surface area contributed by atoms with E-state index in [-0.39, 0.29) is 18.2 Å². The molecule has 17 heavy (non-hydrogen) atoms. The van der Waals surface area contributed by atoms with Gasteiger partial charge >= 0.3 is 0 Å². The Morgan fingerprint density at radius 3 is 2.53 bits per heavy atom. The molecule has 0 radical (unpaired) electrons. The van der Waals surface area contributed by atoms with Crippen molar-refractivity contribution in [3.05, 3.63) is 30.3 Å². The topological polar surface area (TPSA) is 67.4 Å². The van der Waals surface area contributed by atoms with Crippen LogP contribution in [0.5, 0.6) is 0 Å². The molecule has 0 aliphatic rings. The summed E-state index contributed by atoms with van der Waals surface area (Å²) in [7, 11) is 1.55. The maximum atomic E-state index is 11.5. The molecule has 1 aromatic carbocycles. The van der Waals surface area contributed by atoms with Crippen molar-refractivity contribution < 1.29 is 14.3 Å². The van der Waals surface area contributed by atoms with Crippen LogP contribution in [-0.4, -0.2) is 32.1 Å². The average molecular weight is 236 g/mol. The van der Waals surface area contributed by atoms with Crippen molar-refractivity contribution in [3.8, 4) is 0 Å². The standard InChI is InChI=1S/C12H16N2O3/c1-17-8-7-13-11(15)9-12(16)14-10-5-3-2-4-6-10/h2-6H,7-9H2,1H3,(H,13,15)(H,14,16). The maximum absolute atomic E-state index is 11.5. The molecule has 0 saturated heterocycles. The summed E-state index contributed by atoms with van der Waals surface area (Å²) in [5.74, 6) is -0.637. The highest BCUT2D eigenvalue weighted by Crippen LogP contribution is 2.04. The first-order valence-corrected chi connectivity index (χ1v) is 5.33. The lowest BCUT2D eigenvalue weighted by Crippen LogP contribution is -2.30. The van der Waals surface area contributed by atoms with Gasteiger partial charge in [-0.25, -0.2) is 0 Å². The van der Waals surface area contributed by atoms with Crippen LogP contribution in [-0.2, 0) is 14.3 Å². The second-order valence-electron chi connectivity index (χ2n) is 3.43. The number of hydrogen-bond donors (Lipinski definition) is 2. The molecule has 5 nitrogen and oxygen atoms in total. The Balaban J connectivity index is 2.27. The summed E-state index contributed by atoms with van der Waals surface area (Å²) < 4.78 is 4.78. The SMILES string of the molecule is COCCNC(=O)CC(=O)Nc1ccccc1. The van der Waals surface area contributed by atoms with Crippen LogP contribution in [0.1, 0.15) is 6.42 Å². The molecule has 0 atom stereocenters. The molecular weight excluding hydrogens is 220 g/mol. The van der Waals surface area contributed by atoms with Gasteiger partial charge in [-0.05, 0) is 12.1 Å². The van der Waals surface area contributed by atoms with Crippen LogP contribution >= 0.6 is 0 Å². The van der Waals surface area contributed by atoms with E-state index in [4.69, 9.17) is 4.74 Å². The number of rotatable bonds is 6. The summed E-state index contributed by atoms with van der Waals surface area (Å²) in [6.07, 6.45) is -0.182. The van der Waals surface area contributed by atoms with Crippen molar-refractivity contribution in [3.63, 3.8) is 0 Å². The van der Waals surface area contributed by atoms with Gasteiger partial charge in [-0.15, -0.1) is 0 Å². The first-order valence-electron chi connectivity index (χ1n) is 5.33. The van der Waals surface area contributed by atoms with Gasteiger partial charge in [0, 0.05) is 19.3 Å². The van der Waals surface area contributed by atoms with E-state index >= 15 is 0 Å². The van der Waals surface area contributed by atoms with E-state index in [1.54, 1.807) is 19.2 Å². The van der Waals surface area contributed by atoms with E-state index in [2.05, 4.69) is 10.6 Å². The number of nitrogens with one attached hydrogen (secondary N) is 2. The van der Waals surface area contributed by atoms with Gasteiger partial charge in [-0.1, -0.05) is 18.2 Å². The maximum Gasteiger partial charge on any atom is 0.233 e. The number of carbonyl (C=O) groups is 2. The van der Waals surface area contributed by atoms with Gasteiger partial charge in [0.05, 0.1) is 6.61 Å². The smallest absolute Gasteiger partial charge is 0.233 e. The zero-order valence-corrected chi connectivity index (χ0v) is 9.73. The lowest BCUT2D eigenvalue weighted by molar-refractivity contribution is -0.126. The minimum atomic E-state index is -0.328. The average Bonchev–Trinajstić information content (AvgIpc) is 2.30. The fourth-order valence-electron chi connectivity index (χ4n) is 1.23. The van der Waals surface area contributed by atoms with Gasteiger partial charge in [0.1, 0.15) is 6.42 Å². The van der Waals surface area contributed by atoms with Crippen LogP contribution < -0.4 is 10.6 Å². The van der Waals surface area contributed by atoms with E-state index in [0.29, 0.717) is 18.8 Å². The molecule has 2 amide bonds. The predicted octanol–water partition coefficient (Wildman–Crippen LogP) is 0.778. The quantitative estimate of drug-likeness (QED) is 0.566. The van der Waals surface area contributed by atoms with Gasteiger partial charge in [0.2, 0.25) is 11.8 Å². The normalized spacial score (nSPS) is 9.71. The van der Waals surface area contributed by atoms with Crippen LogP contribution in [0, 0.1) is 0 Å². The van der Waals surface area contributed by atoms with Gasteiger partial charge in [0.25, 0.3) is 0 Å². The highest BCUT2D eigenvalue weighted by atomic mass is 16.5. The van der Waals surface area contributed by atoms with E-state index < -0.39 is 0 Å². The Labute approximate surface area is 100 Å². The molecule has 0 fully saturated rings. The molecule has 1 aromatic rings. The molecule has 1 rings (SSSR count). The molecule has 0 aliphatic heterocycles. The Morgan fingerprint density at radius 2 is 1.88 bits per heavy atom. The van der Waals surface area contributed by atoms with Gasteiger partial charge in [0.15, 0.2) is 0 Å². The van der Waals surface area contributed by atoms with Gasteiger partial charge in [-0.3, -0.25) is 9.59 Å². The molecule has 2 N–H and O–H groups in total. The number of benzene rings is 1. The largest absolute Gasteiger partial charge is 0.383 e. The second kappa shape index (κ2) is 7.40. The van der Waals surface area contributed by atoms with E-state index in [0.717, 1.165) is 0 Å². The van der Waals surface area contributed by atoms with Gasteiger partial charge < -0.3 is 15.4 Å². The minimum Gasteiger partial charge on any atom is -0.383 e. The number of methoxy groups -OCH3 is 1. The molecule has 0 spiro atoms. The molecule has 92 valence electrons. The Morgan fingerprint density at radius 1 is 1.18 bits per heavy atom. The second-order valence-corrected chi connectivity index (χ2v) is 3.43. The van der Waals surface area contributed by atoms with Crippen molar-refractivity contribution in [2.24, 2.45) is 0 Å². The molecule has 0 bridgehead atoms. The van der Waals surface area contributed by atoms with E-state index in [1.807, 2.05) is 18.2 Å². The number of para-hydroxylation sites is 1. The van der Waals surface area contributed by atoms with Gasteiger partial charge in [-0.2, -0.15) is 0 Å². The Kier molecular flexibility index (Phi) is 5.74. The molecule has 0 heterocycles. The lowest BCUT2D eigenvalue weighted by atomic mass is 10.3. The van der Waals surface area contributed by atoms with Crippen LogP contribution in [0.3, 0.4) is 0 Å². The molecule has 0 aliphatic carbocycles. The first-order chi connectivity index (χ1) is 8.22. The lowest BCUT2D eigenvalue weighted by Gasteiger charge is -2.05. The number of ether oxygens (including phenoxy) is 1. The molecule has 0 unspecified atom stereocenters. The first kappa shape index (κ1) is 13.2. The fourth-order valence-corrected chi connectivity index (χ4v) is 1.23. The summed E-state index contributed by atoms with van der Waals surface area (Å²) in [4.78, 5) is 22.7. The van der Waals surface area contributed by atoms with Crippen LogP contribution in [0.2, 0.25) is 0 Å². The fraction of sp³-hybridized carbons (Fsp3) is 0.333. The third-order valence-electron chi connectivity index (χ3n) is 2.01. The zero-order valence-electron chi connectivity index (χ0n) is 9.73. The summed E-state index contributed by atoms with van der Waals surface area (Å²) in [6.45, 7) is 0.847. The number of hydrogen-bond acceptors (Lipinski definition) is 3. The third-order valence-corrected chi connectivity index (χ3v) is 2.01. The van der Waals surface area contributed by atoms with Crippen LogP contribution in [0.4, 0.5) is 5.69 Å². The van der Waals surface area contributed by atoms with Crippen molar-refractivity contribution in [2.75, 3.05) is 25.6 Å². The van der Waals surface area contributed by atoms with Crippen molar-refractivity contribution in [2.45, 2.75) is 6.42 Å². The number of carbonyl (C=O) groups excluding carboxylic acids is 2. The Hall–Kier alpha value is -1.88. The number of anilines is 1. The van der Waals surface area contributed by atoms with Crippen molar-refractivity contribution in [1.82, 2.24) is 5.32 Å². The molecular formula is C12H16N2O3. The van der Waals surface area contributed by atoms with Crippen LogP contribution in [0.15, 0.2) is 30.3 Å². The summed E-state index contributed by atoms with van der Waals surface area (Å²) in [5.41, 5.74) is 0.683. The molecule has 5 heteroatoms. The summed E-state index contributed by atoms with van der Waals surface area (Å²) in [5, 5.41) is 5.21. The zero-order chi connectivity index (χ0) is 12.5. The van der Waals surface area contributed by atoms with Crippen molar-refractivity contribution in [1.29, 1.82) is 0 Å².